The van der Waals surface area contributed by atoms with Crippen molar-refractivity contribution in [3.63, 3.8) is 0 Å². The van der Waals surface area contributed by atoms with Crippen molar-refractivity contribution in [2.45, 2.75) is 30.4 Å². The van der Waals surface area contributed by atoms with Crippen molar-refractivity contribution in [3.05, 3.63) is 92.1 Å². The minimum atomic E-state index is -0.362. The molecule has 1 aliphatic heterocycles. The number of hydrogen-bond acceptors (Lipinski definition) is 4. The molecule has 1 aromatic heterocycles. The van der Waals surface area contributed by atoms with Gasteiger partial charge in [-0.25, -0.2) is 9.37 Å². The molecule has 1 N–H and O–H groups in total. The third-order valence-electron chi connectivity index (χ3n) is 4.75. The van der Waals surface area contributed by atoms with Gasteiger partial charge in [-0.2, -0.15) is 0 Å². The number of hydrogen-bond donors (Lipinski definition) is 1. The zero-order valence-corrected chi connectivity index (χ0v) is 16.7. The highest BCUT2D eigenvalue weighted by Gasteiger charge is 2.21. The van der Waals surface area contributed by atoms with Gasteiger partial charge in [-0.05, 0) is 23.3 Å². The Morgan fingerprint density at radius 1 is 1.21 bits per heavy atom. The SMILES string of the molecule is O=c1[nH]c(SCc2ccc(F)cc2Cl)nc2c1CN(Cc1ccccc1)CC2. The summed E-state index contributed by atoms with van der Waals surface area (Å²) in [5.74, 6) is 0.153. The highest BCUT2D eigenvalue weighted by atomic mass is 35.5. The van der Waals surface area contributed by atoms with Crippen molar-refractivity contribution in [1.29, 1.82) is 0 Å². The molecule has 1 aliphatic rings. The first-order valence-electron chi connectivity index (χ1n) is 9.03. The van der Waals surface area contributed by atoms with Crippen LogP contribution in [0.5, 0.6) is 0 Å². The van der Waals surface area contributed by atoms with E-state index in [1.54, 1.807) is 6.07 Å². The lowest BCUT2D eigenvalue weighted by molar-refractivity contribution is 0.241. The molecule has 28 heavy (non-hydrogen) atoms. The van der Waals surface area contributed by atoms with Gasteiger partial charge in [0.2, 0.25) is 0 Å². The fourth-order valence-corrected chi connectivity index (χ4v) is 4.48. The first kappa shape index (κ1) is 19.2. The molecule has 0 saturated carbocycles. The van der Waals surface area contributed by atoms with Crippen LogP contribution in [0, 0.1) is 5.82 Å². The highest BCUT2D eigenvalue weighted by Crippen LogP contribution is 2.26. The number of aromatic nitrogens is 2. The maximum absolute atomic E-state index is 13.2. The molecular weight excluding hydrogens is 397 g/mol. The molecule has 0 unspecified atom stereocenters. The quantitative estimate of drug-likeness (QED) is 0.495. The molecular formula is C21H19ClFN3OS. The summed E-state index contributed by atoms with van der Waals surface area (Å²) in [7, 11) is 0. The lowest BCUT2D eigenvalue weighted by atomic mass is 10.1. The Labute approximate surface area is 171 Å². The Bertz CT molecular complexity index is 1040. The summed E-state index contributed by atoms with van der Waals surface area (Å²) >= 11 is 7.47. The molecule has 2 aromatic carbocycles. The summed E-state index contributed by atoms with van der Waals surface area (Å²) in [6.45, 7) is 2.28. The lowest BCUT2D eigenvalue weighted by Crippen LogP contribution is -2.35. The number of nitrogens with one attached hydrogen (secondary N) is 1. The van der Waals surface area contributed by atoms with Crippen molar-refractivity contribution in [1.82, 2.24) is 14.9 Å². The standard InChI is InChI=1S/C21H19ClFN3OS/c22-18-10-16(23)7-6-15(18)13-28-21-24-19-8-9-26(12-17(19)20(27)25-21)11-14-4-2-1-3-5-14/h1-7,10H,8-9,11-13H2,(H,24,25,27). The molecule has 0 saturated heterocycles. The molecule has 144 valence electrons. The smallest absolute Gasteiger partial charge is 0.256 e. The first-order valence-corrected chi connectivity index (χ1v) is 10.4. The van der Waals surface area contributed by atoms with Crippen LogP contribution in [0.15, 0.2) is 58.5 Å². The molecule has 0 aliphatic carbocycles. The predicted octanol–water partition coefficient (Wildman–Crippen LogP) is 4.41. The molecule has 3 aromatic rings. The average Bonchev–Trinajstić information content (AvgIpc) is 2.69. The average molecular weight is 416 g/mol. The van der Waals surface area contributed by atoms with Gasteiger partial charge >= 0.3 is 0 Å². The van der Waals surface area contributed by atoms with E-state index in [1.807, 2.05) is 18.2 Å². The van der Waals surface area contributed by atoms with Crippen LogP contribution < -0.4 is 5.56 Å². The molecule has 4 rings (SSSR count). The number of halogens is 2. The molecule has 0 atom stereocenters. The summed E-state index contributed by atoms with van der Waals surface area (Å²) in [5, 5.41) is 0.949. The Balaban J connectivity index is 1.46. The second kappa shape index (κ2) is 8.47. The predicted molar refractivity (Wildman–Crippen MR) is 110 cm³/mol. The van der Waals surface area contributed by atoms with E-state index in [1.165, 1.54) is 29.5 Å². The highest BCUT2D eigenvalue weighted by molar-refractivity contribution is 7.98. The number of rotatable bonds is 5. The normalized spacial score (nSPS) is 14.1. The molecule has 7 heteroatoms. The van der Waals surface area contributed by atoms with Gasteiger partial charge in [-0.3, -0.25) is 9.69 Å². The largest absolute Gasteiger partial charge is 0.301 e. The topological polar surface area (TPSA) is 49.0 Å². The summed E-state index contributed by atoms with van der Waals surface area (Å²) in [6.07, 6.45) is 0.747. The van der Waals surface area contributed by atoms with Crippen LogP contribution in [0.3, 0.4) is 0 Å². The Morgan fingerprint density at radius 3 is 2.82 bits per heavy atom. The fourth-order valence-electron chi connectivity index (χ4n) is 3.29. The van der Waals surface area contributed by atoms with E-state index in [0.717, 1.165) is 36.3 Å². The maximum atomic E-state index is 13.2. The second-order valence-corrected chi connectivity index (χ2v) is 8.14. The van der Waals surface area contributed by atoms with Gasteiger partial charge in [0.1, 0.15) is 5.82 Å². The molecule has 0 radical (unpaired) electrons. The summed E-state index contributed by atoms with van der Waals surface area (Å²) in [6, 6.07) is 14.6. The monoisotopic (exact) mass is 415 g/mol. The van der Waals surface area contributed by atoms with Gasteiger partial charge in [0.05, 0.1) is 11.3 Å². The Hall–Kier alpha value is -2.15. The number of fused-ring (bicyclic) bond motifs is 1. The summed E-state index contributed by atoms with van der Waals surface area (Å²) in [4.78, 5) is 22.4. The summed E-state index contributed by atoms with van der Waals surface area (Å²) in [5.41, 5.74) is 3.56. The van der Waals surface area contributed by atoms with E-state index >= 15 is 0 Å². The maximum Gasteiger partial charge on any atom is 0.256 e. The third-order valence-corrected chi connectivity index (χ3v) is 6.03. The van der Waals surface area contributed by atoms with Gasteiger partial charge in [-0.1, -0.05) is 59.8 Å². The van der Waals surface area contributed by atoms with Gasteiger partial charge < -0.3 is 4.98 Å². The number of nitrogens with zero attached hydrogens (tertiary/aromatic N) is 2. The van der Waals surface area contributed by atoms with E-state index in [2.05, 4.69) is 27.0 Å². The van der Waals surface area contributed by atoms with Crippen molar-refractivity contribution in [3.8, 4) is 0 Å². The van der Waals surface area contributed by atoms with Crippen molar-refractivity contribution < 1.29 is 4.39 Å². The van der Waals surface area contributed by atoms with Crippen molar-refractivity contribution >= 4 is 23.4 Å². The number of benzene rings is 2. The van der Waals surface area contributed by atoms with Crippen LogP contribution in [-0.2, 0) is 25.3 Å². The van der Waals surface area contributed by atoms with Crippen LogP contribution in [-0.4, -0.2) is 21.4 Å². The van der Waals surface area contributed by atoms with Crippen LogP contribution in [0.2, 0.25) is 5.02 Å². The molecule has 0 spiro atoms. The Kier molecular flexibility index (Phi) is 5.80. The van der Waals surface area contributed by atoms with Crippen LogP contribution in [0.1, 0.15) is 22.4 Å². The van der Waals surface area contributed by atoms with Gasteiger partial charge in [0.15, 0.2) is 5.16 Å². The van der Waals surface area contributed by atoms with E-state index in [4.69, 9.17) is 11.6 Å². The minimum absolute atomic E-state index is 0.0875. The van der Waals surface area contributed by atoms with E-state index in [0.29, 0.717) is 22.5 Å². The molecule has 0 fully saturated rings. The molecule has 2 heterocycles. The van der Waals surface area contributed by atoms with Crippen molar-refractivity contribution in [2.24, 2.45) is 0 Å². The van der Waals surface area contributed by atoms with Crippen LogP contribution in [0.4, 0.5) is 4.39 Å². The van der Waals surface area contributed by atoms with Gasteiger partial charge in [-0.15, -0.1) is 0 Å². The lowest BCUT2D eigenvalue weighted by Gasteiger charge is -2.27. The number of thioether (sulfide) groups is 1. The zero-order valence-electron chi connectivity index (χ0n) is 15.1. The summed E-state index contributed by atoms with van der Waals surface area (Å²) < 4.78 is 13.2. The second-order valence-electron chi connectivity index (χ2n) is 6.77. The molecule has 4 nitrogen and oxygen atoms in total. The fraction of sp³-hybridized carbons (Fsp3) is 0.238. The number of aromatic amines is 1. The van der Waals surface area contributed by atoms with E-state index in [9.17, 15) is 9.18 Å². The van der Waals surface area contributed by atoms with Gasteiger partial charge in [0, 0.05) is 36.8 Å². The van der Waals surface area contributed by atoms with Crippen LogP contribution >= 0.6 is 23.4 Å². The third kappa shape index (κ3) is 4.46. The van der Waals surface area contributed by atoms with Gasteiger partial charge in [0.25, 0.3) is 5.56 Å². The van der Waals surface area contributed by atoms with E-state index < -0.39 is 0 Å². The zero-order chi connectivity index (χ0) is 19.5. The molecule has 0 bridgehead atoms. The van der Waals surface area contributed by atoms with E-state index in [-0.39, 0.29) is 11.4 Å². The minimum Gasteiger partial charge on any atom is -0.301 e. The molecule has 0 amide bonds. The van der Waals surface area contributed by atoms with Crippen LogP contribution in [0.25, 0.3) is 0 Å². The number of H-pyrrole nitrogens is 1. The first-order chi connectivity index (χ1) is 13.6. The Morgan fingerprint density at radius 2 is 2.04 bits per heavy atom. The van der Waals surface area contributed by atoms with Crippen molar-refractivity contribution in [2.75, 3.05) is 6.54 Å².